The van der Waals surface area contributed by atoms with E-state index in [1.807, 2.05) is 24.2 Å². The number of hydrogen-bond donors (Lipinski definition) is 1. The number of aromatic nitrogens is 1. The summed E-state index contributed by atoms with van der Waals surface area (Å²) in [6.45, 7) is 2.06. The van der Waals surface area contributed by atoms with Gasteiger partial charge in [0.15, 0.2) is 0 Å². The van der Waals surface area contributed by atoms with E-state index in [1.165, 1.54) is 16.0 Å². The summed E-state index contributed by atoms with van der Waals surface area (Å²) in [5.41, 5.74) is 10.1. The predicted molar refractivity (Wildman–Crippen MR) is 75.8 cm³/mol. The Hall–Kier alpha value is -1.32. The van der Waals surface area contributed by atoms with Crippen molar-refractivity contribution >= 4 is 11.8 Å². The van der Waals surface area contributed by atoms with E-state index in [0.717, 1.165) is 11.3 Å². The third-order valence-corrected chi connectivity index (χ3v) is 4.66. The minimum Gasteiger partial charge on any atom is -0.323 e. The van der Waals surface area contributed by atoms with Crippen molar-refractivity contribution in [1.29, 1.82) is 0 Å². The van der Waals surface area contributed by atoms with E-state index in [4.69, 9.17) is 5.73 Å². The molecule has 2 atom stereocenters. The number of thioether (sulfide) groups is 1. The molecule has 2 heterocycles. The number of aryl methyl sites for hydroxylation is 1. The normalized spacial score (nSPS) is 19.6. The highest BCUT2D eigenvalue weighted by molar-refractivity contribution is 7.99. The summed E-state index contributed by atoms with van der Waals surface area (Å²) in [5.74, 6) is 1.46. The molecule has 0 fully saturated rings. The molecule has 1 aliphatic rings. The summed E-state index contributed by atoms with van der Waals surface area (Å²) in [5, 5.41) is 0. The first-order valence-corrected chi connectivity index (χ1v) is 7.13. The quantitative estimate of drug-likeness (QED) is 0.896. The lowest BCUT2D eigenvalue weighted by molar-refractivity contribution is 0.605. The minimum atomic E-state index is 0.0357. The van der Waals surface area contributed by atoms with Crippen LogP contribution in [0.3, 0.4) is 0 Å². The van der Waals surface area contributed by atoms with Gasteiger partial charge in [0.05, 0.1) is 0 Å². The van der Waals surface area contributed by atoms with Crippen molar-refractivity contribution in [2.75, 3.05) is 5.75 Å². The van der Waals surface area contributed by atoms with Crippen LogP contribution in [0.5, 0.6) is 0 Å². The maximum absolute atomic E-state index is 6.43. The van der Waals surface area contributed by atoms with Gasteiger partial charge in [0.25, 0.3) is 0 Å². The molecule has 2 nitrogen and oxygen atoms in total. The summed E-state index contributed by atoms with van der Waals surface area (Å²) >= 11 is 1.90. The van der Waals surface area contributed by atoms with Crippen molar-refractivity contribution in [3.05, 3.63) is 59.4 Å². The molecule has 3 rings (SSSR count). The molecule has 92 valence electrons. The van der Waals surface area contributed by atoms with Gasteiger partial charge in [0.2, 0.25) is 0 Å². The highest BCUT2D eigenvalue weighted by Crippen LogP contribution is 2.44. The molecule has 0 aliphatic carbocycles. The topological polar surface area (TPSA) is 38.9 Å². The monoisotopic (exact) mass is 256 g/mol. The van der Waals surface area contributed by atoms with Crippen LogP contribution in [0.15, 0.2) is 47.6 Å². The van der Waals surface area contributed by atoms with Gasteiger partial charge in [0.1, 0.15) is 0 Å². The summed E-state index contributed by atoms with van der Waals surface area (Å²) in [4.78, 5) is 5.62. The SMILES string of the molecule is Cc1cncc(C(N)C2CSc3ccccc32)c1. The highest BCUT2D eigenvalue weighted by atomic mass is 32.2. The molecule has 0 saturated heterocycles. The van der Waals surface area contributed by atoms with Crippen LogP contribution in [0.25, 0.3) is 0 Å². The number of nitrogens with two attached hydrogens (primary N) is 1. The van der Waals surface area contributed by atoms with Crippen molar-refractivity contribution in [1.82, 2.24) is 4.98 Å². The Morgan fingerprint density at radius 2 is 2.17 bits per heavy atom. The smallest absolute Gasteiger partial charge is 0.0388 e. The van der Waals surface area contributed by atoms with Crippen LogP contribution in [0.2, 0.25) is 0 Å². The van der Waals surface area contributed by atoms with Gasteiger partial charge in [-0.25, -0.2) is 0 Å². The summed E-state index contributed by atoms with van der Waals surface area (Å²) in [7, 11) is 0. The summed E-state index contributed by atoms with van der Waals surface area (Å²) in [6, 6.07) is 10.7. The van der Waals surface area contributed by atoms with Gasteiger partial charge >= 0.3 is 0 Å². The molecule has 2 aromatic rings. The van der Waals surface area contributed by atoms with E-state index in [9.17, 15) is 0 Å². The fourth-order valence-corrected chi connectivity index (χ4v) is 3.78. The maximum Gasteiger partial charge on any atom is 0.0388 e. The second-order valence-corrected chi connectivity index (χ2v) is 5.84. The lowest BCUT2D eigenvalue weighted by atomic mass is 9.89. The van der Waals surface area contributed by atoms with Crippen LogP contribution in [0.4, 0.5) is 0 Å². The van der Waals surface area contributed by atoms with Crippen LogP contribution in [-0.2, 0) is 0 Å². The molecule has 0 radical (unpaired) electrons. The molecule has 0 bridgehead atoms. The van der Waals surface area contributed by atoms with Crippen molar-refractivity contribution in [2.24, 2.45) is 5.73 Å². The van der Waals surface area contributed by atoms with Crippen LogP contribution < -0.4 is 5.73 Å². The summed E-state index contributed by atoms with van der Waals surface area (Å²) < 4.78 is 0. The van der Waals surface area contributed by atoms with Crippen LogP contribution >= 0.6 is 11.8 Å². The van der Waals surface area contributed by atoms with Gasteiger partial charge in [-0.2, -0.15) is 0 Å². The molecule has 0 spiro atoms. The third kappa shape index (κ3) is 2.04. The first-order valence-electron chi connectivity index (χ1n) is 6.14. The van der Waals surface area contributed by atoms with E-state index < -0.39 is 0 Å². The van der Waals surface area contributed by atoms with E-state index in [-0.39, 0.29) is 6.04 Å². The Kier molecular flexibility index (Phi) is 3.10. The van der Waals surface area contributed by atoms with Crippen molar-refractivity contribution in [3.8, 4) is 0 Å². The molecule has 3 heteroatoms. The molecule has 1 aliphatic heterocycles. The van der Waals surface area contributed by atoms with Gasteiger partial charge in [0, 0.05) is 35.0 Å². The highest BCUT2D eigenvalue weighted by Gasteiger charge is 2.28. The Morgan fingerprint density at radius 3 is 3.00 bits per heavy atom. The van der Waals surface area contributed by atoms with Crippen molar-refractivity contribution in [3.63, 3.8) is 0 Å². The number of hydrogen-bond acceptors (Lipinski definition) is 3. The molecule has 0 amide bonds. The van der Waals surface area contributed by atoms with Gasteiger partial charge in [-0.15, -0.1) is 11.8 Å². The zero-order chi connectivity index (χ0) is 12.5. The van der Waals surface area contributed by atoms with Crippen molar-refractivity contribution in [2.45, 2.75) is 23.8 Å². The molecular formula is C15H16N2S. The maximum atomic E-state index is 6.43. The van der Waals surface area contributed by atoms with E-state index in [2.05, 4.69) is 42.2 Å². The second-order valence-electron chi connectivity index (χ2n) is 4.78. The molecular weight excluding hydrogens is 240 g/mol. The van der Waals surface area contributed by atoms with Gasteiger partial charge in [-0.3, -0.25) is 4.98 Å². The fraction of sp³-hybridized carbons (Fsp3) is 0.267. The average Bonchev–Trinajstić information content (AvgIpc) is 2.82. The largest absolute Gasteiger partial charge is 0.323 e. The van der Waals surface area contributed by atoms with Crippen LogP contribution in [-0.4, -0.2) is 10.7 Å². The van der Waals surface area contributed by atoms with Crippen molar-refractivity contribution < 1.29 is 0 Å². The molecule has 1 aromatic heterocycles. The third-order valence-electron chi connectivity index (χ3n) is 3.45. The van der Waals surface area contributed by atoms with Gasteiger partial charge in [-0.05, 0) is 29.7 Å². The lowest BCUT2D eigenvalue weighted by Gasteiger charge is -2.20. The van der Waals surface area contributed by atoms with E-state index in [0.29, 0.717) is 5.92 Å². The Bertz CT molecular complexity index is 568. The van der Waals surface area contributed by atoms with Crippen LogP contribution in [0.1, 0.15) is 28.7 Å². The molecule has 2 unspecified atom stereocenters. The van der Waals surface area contributed by atoms with E-state index in [1.54, 1.807) is 0 Å². The lowest BCUT2D eigenvalue weighted by Crippen LogP contribution is -2.20. The minimum absolute atomic E-state index is 0.0357. The first kappa shape index (κ1) is 11.8. The zero-order valence-electron chi connectivity index (χ0n) is 10.3. The molecule has 1 aromatic carbocycles. The fourth-order valence-electron chi connectivity index (χ4n) is 2.48. The number of fused-ring (bicyclic) bond motifs is 1. The van der Waals surface area contributed by atoms with Crippen LogP contribution in [0, 0.1) is 6.92 Å². The molecule has 0 saturated carbocycles. The predicted octanol–water partition coefficient (Wildman–Crippen LogP) is 3.28. The van der Waals surface area contributed by atoms with Gasteiger partial charge < -0.3 is 5.73 Å². The number of nitrogens with zero attached hydrogens (tertiary/aromatic N) is 1. The Labute approximate surface area is 112 Å². The first-order chi connectivity index (χ1) is 8.75. The zero-order valence-corrected chi connectivity index (χ0v) is 11.2. The van der Waals surface area contributed by atoms with Gasteiger partial charge in [-0.1, -0.05) is 24.3 Å². The Balaban J connectivity index is 1.93. The second kappa shape index (κ2) is 4.75. The molecule has 18 heavy (non-hydrogen) atoms. The molecule has 2 N–H and O–H groups in total. The summed E-state index contributed by atoms with van der Waals surface area (Å²) in [6.07, 6.45) is 3.76. The Morgan fingerprint density at radius 1 is 1.33 bits per heavy atom. The average molecular weight is 256 g/mol. The number of rotatable bonds is 2. The number of pyridine rings is 1. The van der Waals surface area contributed by atoms with E-state index >= 15 is 0 Å². The number of benzene rings is 1. The standard InChI is InChI=1S/C15H16N2S/c1-10-6-11(8-17-7-10)15(16)13-9-18-14-5-3-2-4-12(13)14/h2-8,13,15H,9,16H2,1H3.